The van der Waals surface area contributed by atoms with Gasteiger partial charge in [-0.25, -0.2) is 0 Å². The van der Waals surface area contributed by atoms with Crippen molar-refractivity contribution in [3.63, 3.8) is 0 Å². The highest BCUT2D eigenvalue weighted by Crippen LogP contribution is 2.33. The van der Waals surface area contributed by atoms with Gasteiger partial charge in [-0.2, -0.15) is 0 Å². The number of guanidine groups is 1. The highest BCUT2D eigenvalue weighted by atomic mass is 35.5. The van der Waals surface area contributed by atoms with E-state index in [0.29, 0.717) is 5.92 Å². The van der Waals surface area contributed by atoms with E-state index in [1.165, 1.54) is 5.56 Å². The van der Waals surface area contributed by atoms with Crippen molar-refractivity contribution in [2.45, 2.75) is 25.5 Å². The van der Waals surface area contributed by atoms with Gasteiger partial charge in [0.15, 0.2) is 5.96 Å². The third-order valence-corrected chi connectivity index (χ3v) is 5.17. The van der Waals surface area contributed by atoms with Crippen LogP contribution in [0.1, 0.15) is 36.6 Å². The first kappa shape index (κ1) is 18.7. The number of rotatable bonds is 5. The maximum atomic E-state index is 6.30. The quantitative estimate of drug-likeness (QED) is 0.607. The van der Waals surface area contributed by atoms with Crippen LogP contribution in [-0.4, -0.2) is 26.2 Å². The Kier molecular flexibility index (Phi) is 6.53. The summed E-state index contributed by atoms with van der Waals surface area (Å²) in [5.41, 5.74) is 2.30. The van der Waals surface area contributed by atoms with Gasteiger partial charge in [-0.05, 0) is 30.5 Å². The maximum Gasteiger partial charge on any atom is 0.191 e. The molecule has 0 radical (unpaired) electrons. The van der Waals surface area contributed by atoms with Crippen molar-refractivity contribution >= 4 is 17.6 Å². The van der Waals surface area contributed by atoms with Crippen LogP contribution in [-0.2, 0) is 4.74 Å². The lowest BCUT2D eigenvalue weighted by atomic mass is 9.95. The molecule has 2 aromatic carbocycles. The van der Waals surface area contributed by atoms with E-state index in [1.54, 1.807) is 7.05 Å². The molecule has 3 atom stereocenters. The molecule has 4 nitrogen and oxygen atoms in total. The molecule has 0 aromatic heterocycles. The molecule has 0 amide bonds. The Bertz CT molecular complexity index is 735. The van der Waals surface area contributed by atoms with Crippen molar-refractivity contribution in [3.05, 3.63) is 70.7 Å². The van der Waals surface area contributed by atoms with Crippen molar-refractivity contribution in [3.8, 4) is 0 Å². The average molecular weight is 372 g/mol. The molecule has 26 heavy (non-hydrogen) atoms. The van der Waals surface area contributed by atoms with Gasteiger partial charge in [-0.1, -0.05) is 60.1 Å². The zero-order valence-corrected chi connectivity index (χ0v) is 16.0. The molecule has 1 heterocycles. The van der Waals surface area contributed by atoms with Crippen molar-refractivity contribution in [1.29, 1.82) is 0 Å². The molecule has 2 N–H and O–H groups in total. The second-order valence-electron chi connectivity index (χ2n) is 6.59. The number of hydrogen-bond donors (Lipinski definition) is 2. The lowest BCUT2D eigenvalue weighted by Gasteiger charge is -2.23. The number of aliphatic imine (C=N–C) groups is 1. The SMILES string of the molecule is CN=C(NCC1CCOC1c1ccccc1)NC(C)c1ccccc1Cl. The third-order valence-electron chi connectivity index (χ3n) is 4.82. The summed E-state index contributed by atoms with van der Waals surface area (Å²) >= 11 is 6.30. The molecule has 138 valence electrons. The predicted octanol–water partition coefficient (Wildman–Crippen LogP) is 4.34. The third kappa shape index (κ3) is 4.57. The largest absolute Gasteiger partial charge is 0.373 e. The summed E-state index contributed by atoms with van der Waals surface area (Å²) in [4.78, 5) is 4.35. The Labute approximate surface area is 160 Å². The second kappa shape index (κ2) is 9.06. The van der Waals surface area contributed by atoms with Gasteiger partial charge in [0, 0.05) is 31.1 Å². The monoisotopic (exact) mass is 371 g/mol. The summed E-state index contributed by atoms with van der Waals surface area (Å²) in [7, 11) is 1.79. The molecule has 0 bridgehead atoms. The van der Waals surface area contributed by atoms with Crippen LogP contribution in [0.5, 0.6) is 0 Å². The number of hydrogen-bond acceptors (Lipinski definition) is 2. The summed E-state index contributed by atoms with van der Waals surface area (Å²) in [6.07, 6.45) is 1.19. The first-order valence-electron chi connectivity index (χ1n) is 9.07. The molecule has 5 heteroatoms. The van der Waals surface area contributed by atoms with Crippen molar-refractivity contribution in [1.82, 2.24) is 10.6 Å². The minimum absolute atomic E-state index is 0.0691. The number of nitrogens with zero attached hydrogens (tertiary/aromatic N) is 1. The van der Waals surface area contributed by atoms with E-state index >= 15 is 0 Å². The van der Waals surface area contributed by atoms with E-state index in [4.69, 9.17) is 16.3 Å². The molecule has 1 aliphatic heterocycles. The van der Waals surface area contributed by atoms with E-state index < -0.39 is 0 Å². The molecule has 1 fully saturated rings. The number of ether oxygens (including phenoxy) is 1. The zero-order valence-electron chi connectivity index (χ0n) is 15.3. The van der Waals surface area contributed by atoms with Crippen LogP contribution in [0.2, 0.25) is 5.02 Å². The smallest absolute Gasteiger partial charge is 0.191 e. The molecule has 0 aliphatic carbocycles. The fraction of sp³-hybridized carbons (Fsp3) is 0.381. The average Bonchev–Trinajstić information content (AvgIpc) is 3.14. The molecular weight excluding hydrogens is 346 g/mol. The molecule has 0 spiro atoms. The fourth-order valence-corrected chi connectivity index (χ4v) is 3.68. The Balaban J connectivity index is 1.58. The summed E-state index contributed by atoms with van der Waals surface area (Å²) < 4.78 is 5.97. The van der Waals surface area contributed by atoms with Crippen LogP contribution in [0, 0.1) is 5.92 Å². The van der Waals surface area contributed by atoms with Crippen LogP contribution < -0.4 is 10.6 Å². The van der Waals surface area contributed by atoms with Crippen LogP contribution in [0.25, 0.3) is 0 Å². The minimum Gasteiger partial charge on any atom is -0.373 e. The van der Waals surface area contributed by atoms with E-state index in [2.05, 4.69) is 46.8 Å². The molecule has 0 saturated carbocycles. The van der Waals surface area contributed by atoms with Crippen LogP contribution >= 0.6 is 11.6 Å². The highest BCUT2D eigenvalue weighted by molar-refractivity contribution is 6.31. The Morgan fingerprint density at radius 2 is 1.92 bits per heavy atom. The highest BCUT2D eigenvalue weighted by Gasteiger charge is 2.29. The standard InChI is InChI=1S/C21H26ClN3O/c1-15(18-10-6-7-11-19(18)22)25-21(23-2)24-14-17-12-13-26-20(17)16-8-4-3-5-9-16/h3-11,15,17,20H,12-14H2,1-2H3,(H2,23,24,25). The Morgan fingerprint density at radius 3 is 2.65 bits per heavy atom. The zero-order chi connectivity index (χ0) is 18.4. The van der Waals surface area contributed by atoms with Crippen molar-refractivity contribution < 1.29 is 4.74 Å². The van der Waals surface area contributed by atoms with Crippen LogP contribution in [0.4, 0.5) is 0 Å². The van der Waals surface area contributed by atoms with Gasteiger partial charge in [0.1, 0.15) is 0 Å². The minimum atomic E-state index is 0.0691. The van der Waals surface area contributed by atoms with Gasteiger partial charge < -0.3 is 15.4 Å². The summed E-state index contributed by atoms with van der Waals surface area (Å²) in [5, 5.41) is 7.62. The Morgan fingerprint density at radius 1 is 1.19 bits per heavy atom. The first-order valence-corrected chi connectivity index (χ1v) is 9.45. The van der Waals surface area contributed by atoms with E-state index in [1.807, 2.05) is 30.3 Å². The molecule has 3 unspecified atom stereocenters. The molecular formula is C21H26ClN3O. The first-order chi connectivity index (χ1) is 12.7. The number of nitrogens with one attached hydrogen (secondary N) is 2. The topological polar surface area (TPSA) is 45.7 Å². The second-order valence-corrected chi connectivity index (χ2v) is 7.00. The van der Waals surface area contributed by atoms with Crippen LogP contribution in [0.15, 0.2) is 59.6 Å². The van der Waals surface area contributed by atoms with E-state index in [-0.39, 0.29) is 12.1 Å². The summed E-state index contributed by atoms with van der Waals surface area (Å²) in [5.74, 6) is 1.20. The van der Waals surface area contributed by atoms with Crippen LogP contribution in [0.3, 0.4) is 0 Å². The van der Waals surface area contributed by atoms with Gasteiger partial charge in [-0.15, -0.1) is 0 Å². The summed E-state index contributed by atoms with van der Waals surface area (Å²) in [6.45, 7) is 3.70. The lowest BCUT2D eigenvalue weighted by molar-refractivity contribution is 0.0915. The van der Waals surface area contributed by atoms with Gasteiger partial charge in [-0.3, -0.25) is 4.99 Å². The number of halogens is 1. The fourth-order valence-electron chi connectivity index (χ4n) is 3.39. The van der Waals surface area contributed by atoms with Crippen molar-refractivity contribution in [2.75, 3.05) is 20.2 Å². The Hall–Kier alpha value is -2.04. The normalized spacial score (nSPS) is 21.4. The lowest BCUT2D eigenvalue weighted by Crippen LogP contribution is -2.41. The summed E-state index contributed by atoms with van der Waals surface area (Å²) in [6, 6.07) is 18.4. The molecule has 2 aromatic rings. The predicted molar refractivity (Wildman–Crippen MR) is 108 cm³/mol. The molecule has 1 saturated heterocycles. The molecule has 3 rings (SSSR count). The van der Waals surface area contributed by atoms with Gasteiger partial charge in [0.25, 0.3) is 0 Å². The molecule has 1 aliphatic rings. The van der Waals surface area contributed by atoms with Gasteiger partial charge >= 0.3 is 0 Å². The van der Waals surface area contributed by atoms with Gasteiger partial charge in [0.05, 0.1) is 12.1 Å². The van der Waals surface area contributed by atoms with E-state index in [9.17, 15) is 0 Å². The van der Waals surface area contributed by atoms with E-state index in [0.717, 1.165) is 36.1 Å². The number of benzene rings is 2. The maximum absolute atomic E-state index is 6.30. The van der Waals surface area contributed by atoms with Crippen molar-refractivity contribution in [2.24, 2.45) is 10.9 Å². The van der Waals surface area contributed by atoms with Gasteiger partial charge in [0.2, 0.25) is 0 Å².